The second-order valence-corrected chi connectivity index (χ2v) is 14.4. The van der Waals surface area contributed by atoms with Crippen molar-refractivity contribution < 1.29 is 31.0 Å². The molecule has 0 unspecified atom stereocenters. The normalized spacial score (nSPS) is 33.6. The number of fused-ring (bicyclic) bond motifs is 5. The number of nitrogens with one attached hydrogen (secondary N) is 2. The maximum Gasteiger partial charge on any atom is 0.386 e. The highest BCUT2D eigenvalue weighted by Gasteiger charge is 2.45. The van der Waals surface area contributed by atoms with Gasteiger partial charge in [-0.2, -0.15) is 18.1 Å². The van der Waals surface area contributed by atoms with Crippen LogP contribution in [0.1, 0.15) is 31.5 Å². The number of nitrogens with zero attached hydrogens (tertiary/aromatic N) is 8. The molecule has 7 atom stereocenters. The number of imidazole rings is 1. The van der Waals surface area contributed by atoms with Crippen LogP contribution in [0, 0.1) is 5.92 Å². The number of aromatic nitrogens is 9. The van der Waals surface area contributed by atoms with E-state index >= 15 is 0 Å². The number of thiol groups is 1. The number of hydrogen-bond acceptors (Lipinski definition) is 15. The zero-order chi connectivity index (χ0) is 29.2. The van der Waals surface area contributed by atoms with Gasteiger partial charge in [0.15, 0.2) is 28.6 Å². The lowest BCUT2D eigenvalue weighted by atomic mass is 10.1. The number of anilines is 1. The molecule has 6 heterocycles. The summed E-state index contributed by atoms with van der Waals surface area (Å²) in [5, 5.41) is 8.27. The summed E-state index contributed by atoms with van der Waals surface area (Å²) >= 11 is 4.19. The summed E-state index contributed by atoms with van der Waals surface area (Å²) in [6.07, 6.45) is 1.23. The molecule has 2 saturated heterocycles. The van der Waals surface area contributed by atoms with Gasteiger partial charge in [0.2, 0.25) is 5.95 Å². The quantitative estimate of drug-likeness (QED) is 0.164. The van der Waals surface area contributed by atoms with Crippen molar-refractivity contribution in [1.82, 2.24) is 49.2 Å². The third kappa shape index (κ3) is 5.19. The Morgan fingerprint density at radius 3 is 2.88 bits per heavy atom. The molecule has 1 saturated carbocycles. The van der Waals surface area contributed by atoms with Gasteiger partial charge in [0.1, 0.15) is 12.4 Å². The molecule has 0 aromatic carbocycles. The van der Waals surface area contributed by atoms with Crippen LogP contribution in [0.5, 0.6) is 0 Å². The lowest BCUT2D eigenvalue weighted by Crippen LogP contribution is -2.37. The topological polar surface area (TPSA) is 246 Å². The van der Waals surface area contributed by atoms with Gasteiger partial charge in [-0.3, -0.25) is 23.4 Å². The average Bonchev–Trinajstić information content (AvgIpc) is 3.70. The smallest absolute Gasteiger partial charge is 0.369 e. The van der Waals surface area contributed by atoms with E-state index in [0.29, 0.717) is 24.0 Å². The van der Waals surface area contributed by atoms with E-state index in [1.807, 2.05) is 0 Å². The summed E-state index contributed by atoms with van der Waals surface area (Å²) < 4.78 is 68.1. The predicted octanol–water partition coefficient (Wildman–Crippen LogP) is -0.152. The SMILES string of the molecule is Nc1nc2c(ncn2[C@H]2O[C@@H]3CO[P@@](=O)(S)O[C@H]4C[C@H](n5nnc6cncnc65)C[C@@H]4CNS(=O)(=O)O[C@@H]2C3)c(=O)[nH]1. The minimum absolute atomic E-state index is 0.0217. The molecular formula is C20H24N11O8PS2. The Bertz CT molecular complexity index is 1880. The summed E-state index contributed by atoms with van der Waals surface area (Å²) in [6, 6.07) is -0.298. The first-order valence-electron chi connectivity index (χ1n) is 12.8. The highest BCUT2D eigenvalue weighted by molar-refractivity contribution is 8.44. The zero-order valence-electron chi connectivity index (χ0n) is 21.5. The predicted molar refractivity (Wildman–Crippen MR) is 145 cm³/mol. The van der Waals surface area contributed by atoms with Crippen molar-refractivity contribution in [2.75, 3.05) is 18.9 Å². The van der Waals surface area contributed by atoms with Crippen LogP contribution in [0.3, 0.4) is 0 Å². The van der Waals surface area contributed by atoms with Crippen molar-refractivity contribution in [1.29, 1.82) is 0 Å². The third-order valence-electron chi connectivity index (χ3n) is 7.42. The molecule has 3 fully saturated rings. The van der Waals surface area contributed by atoms with Gasteiger partial charge in [-0.1, -0.05) is 17.5 Å². The Labute approximate surface area is 241 Å². The van der Waals surface area contributed by atoms with Crippen molar-refractivity contribution in [3.63, 3.8) is 0 Å². The van der Waals surface area contributed by atoms with Gasteiger partial charge in [-0.05, 0) is 12.8 Å². The molecule has 42 heavy (non-hydrogen) atoms. The van der Waals surface area contributed by atoms with Crippen LogP contribution >= 0.6 is 19.0 Å². The van der Waals surface area contributed by atoms with Crippen LogP contribution in [-0.2, 0) is 32.8 Å². The molecule has 224 valence electrons. The highest BCUT2D eigenvalue weighted by atomic mass is 32.7. The molecular weight excluding hydrogens is 617 g/mol. The number of aromatic amines is 1. The molecule has 7 rings (SSSR count). The van der Waals surface area contributed by atoms with Gasteiger partial charge < -0.3 is 10.5 Å². The summed E-state index contributed by atoms with van der Waals surface area (Å²) in [7, 11) is -4.34. The molecule has 2 bridgehead atoms. The van der Waals surface area contributed by atoms with Crippen LogP contribution in [0.4, 0.5) is 5.95 Å². The Morgan fingerprint density at radius 1 is 1.17 bits per heavy atom. The summed E-state index contributed by atoms with van der Waals surface area (Å²) in [6.45, 7) is -4.30. The molecule has 4 N–H and O–H groups in total. The molecule has 0 radical (unpaired) electrons. The molecule has 3 aliphatic rings. The van der Waals surface area contributed by atoms with E-state index < -0.39 is 53.1 Å². The summed E-state index contributed by atoms with van der Waals surface area (Å²) in [4.78, 5) is 31.0. The van der Waals surface area contributed by atoms with Crippen molar-refractivity contribution in [3.05, 3.63) is 29.2 Å². The zero-order valence-corrected chi connectivity index (χ0v) is 24.1. The second kappa shape index (κ2) is 10.3. The first kappa shape index (κ1) is 27.8. The monoisotopic (exact) mass is 641 g/mol. The van der Waals surface area contributed by atoms with Crippen LogP contribution in [0.25, 0.3) is 22.3 Å². The Morgan fingerprint density at radius 2 is 2.02 bits per heavy atom. The van der Waals surface area contributed by atoms with E-state index in [1.165, 1.54) is 23.4 Å². The van der Waals surface area contributed by atoms with E-state index in [0.717, 1.165) is 0 Å². The second-order valence-electron chi connectivity index (χ2n) is 10.2. The van der Waals surface area contributed by atoms with Crippen molar-refractivity contribution >= 4 is 57.6 Å². The maximum atomic E-state index is 13.3. The van der Waals surface area contributed by atoms with Crippen LogP contribution in [-0.4, -0.2) is 84.4 Å². The largest absolute Gasteiger partial charge is 0.386 e. The Balaban J connectivity index is 1.17. The number of hydrogen-bond donors (Lipinski definition) is 4. The van der Waals surface area contributed by atoms with E-state index in [4.69, 9.17) is 23.7 Å². The first-order valence-corrected chi connectivity index (χ1v) is 16.9. The highest BCUT2D eigenvalue weighted by Crippen LogP contribution is 2.57. The van der Waals surface area contributed by atoms with Crippen molar-refractivity contribution in [2.24, 2.45) is 5.92 Å². The number of nitrogens with two attached hydrogens (primary N) is 1. The van der Waals surface area contributed by atoms with E-state index in [2.05, 4.69) is 52.2 Å². The van der Waals surface area contributed by atoms with Gasteiger partial charge in [0, 0.05) is 18.9 Å². The lowest BCUT2D eigenvalue weighted by molar-refractivity contribution is -0.0419. The van der Waals surface area contributed by atoms with Crippen molar-refractivity contribution in [2.45, 2.75) is 49.8 Å². The van der Waals surface area contributed by atoms with E-state index in [1.54, 1.807) is 4.68 Å². The molecule has 22 heteroatoms. The van der Waals surface area contributed by atoms with Crippen LogP contribution in [0.2, 0.25) is 0 Å². The maximum absolute atomic E-state index is 13.3. The number of rotatable bonds is 2. The van der Waals surface area contributed by atoms with Crippen LogP contribution in [0.15, 0.2) is 23.6 Å². The third-order valence-corrected chi connectivity index (χ3v) is 10.1. The number of nitrogen functional groups attached to an aromatic ring is 1. The van der Waals surface area contributed by atoms with Crippen LogP contribution < -0.4 is 16.0 Å². The van der Waals surface area contributed by atoms with E-state index in [9.17, 15) is 17.8 Å². The van der Waals surface area contributed by atoms with Gasteiger partial charge >= 0.3 is 17.1 Å². The first-order chi connectivity index (χ1) is 20.1. The minimum Gasteiger partial charge on any atom is -0.369 e. The van der Waals surface area contributed by atoms with Gasteiger partial charge in [0.05, 0.1) is 37.4 Å². The van der Waals surface area contributed by atoms with Gasteiger partial charge in [-0.25, -0.2) is 28.4 Å². The fraction of sp³-hybridized carbons (Fsp3) is 0.550. The lowest BCUT2D eigenvalue weighted by Gasteiger charge is -2.25. The molecule has 2 aliphatic heterocycles. The average molecular weight is 642 g/mol. The molecule has 4 aromatic rings. The molecule has 0 amide bonds. The van der Waals surface area contributed by atoms with Gasteiger partial charge in [-0.15, -0.1) is 5.10 Å². The molecule has 19 nitrogen and oxygen atoms in total. The molecule has 0 spiro atoms. The fourth-order valence-electron chi connectivity index (χ4n) is 5.62. The Kier molecular flexibility index (Phi) is 6.81. The van der Waals surface area contributed by atoms with Gasteiger partial charge in [0.25, 0.3) is 5.56 Å². The molecule has 4 aromatic heterocycles. The molecule has 1 aliphatic carbocycles. The summed E-state index contributed by atoms with van der Waals surface area (Å²) in [5.41, 5.74) is 6.17. The Hall–Kier alpha value is -3.04. The summed E-state index contributed by atoms with van der Waals surface area (Å²) in [5.74, 6) is -0.620. The minimum atomic E-state index is -4.34. The van der Waals surface area contributed by atoms with E-state index in [-0.39, 0.29) is 42.7 Å². The number of H-pyrrole nitrogens is 1. The fourth-order valence-corrected chi connectivity index (χ4v) is 8.18. The standard InChI is InChI=1S/C20H24N11O8PS2/c21-20-26-17-15(18(32)27-20)24-8-30(17)19-14-3-11(37-19)6-36-40(33,41)38-13-2-10(1-9(13)4-25-42(34,35)39-14)31-16-12(28-29-31)5-22-7-23-16/h5,7-11,13-14,19,25H,1-4,6H2,(H,33,41)(H3,21,26,27,32)/t9-,10-,11+,13+,14-,19+,40-/m1/s1. The number of ether oxygens (including phenoxy) is 1. The van der Waals surface area contributed by atoms with Crippen molar-refractivity contribution in [3.8, 4) is 0 Å².